The Kier molecular flexibility index (Phi) is 5.40. The number of rotatable bonds is 4. The second-order valence-corrected chi connectivity index (χ2v) is 5.84. The minimum Gasteiger partial charge on any atom is -0.396 e. The van der Waals surface area contributed by atoms with Gasteiger partial charge in [0.05, 0.1) is 0 Å². The lowest BCUT2D eigenvalue weighted by Gasteiger charge is -2.38. The van der Waals surface area contributed by atoms with Crippen LogP contribution in [0.3, 0.4) is 0 Å². The number of nitrogens with zero attached hydrogens (tertiary/aromatic N) is 1. The van der Waals surface area contributed by atoms with Crippen LogP contribution in [0.15, 0.2) is 24.3 Å². The van der Waals surface area contributed by atoms with Crippen molar-refractivity contribution < 1.29 is 9.90 Å². The molecule has 2 N–H and O–H groups in total. The zero-order valence-corrected chi connectivity index (χ0v) is 12.4. The van der Waals surface area contributed by atoms with Gasteiger partial charge in [-0.3, -0.25) is 9.69 Å². The number of aliphatic hydroxyl groups excluding tert-OH is 1. The van der Waals surface area contributed by atoms with Crippen molar-refractivity contribution in [2.45, 2.75) is 25.9 Å². The largest absolute Gasteiger partial charge is 0.396 e. The highest BCUT2D eigenvalue weighted by atomic mass is 35.5. The smallest absolute Gasteiger partial charge is 0.217 e. The van der Waals surface area contributed by atoms with Gasteiger partial charge in [-0.2, -0.15) is 0 Å². The van der Waals surface area contributed by atoms with Crippen molar-refractivity contribution in [3.63, 3.8) is 0 Å². The van der Waals surface area contributed by atoms with Gasteiger partial charge < -0.3 is 10.4 Å². The molecule has 1 aromatic carbocycles. The lowest BCUT2D eigenvalue weighted by molar-refractivity contribution is -0.120. The summed E-state index contributed by atoms with van der Waals surface area (Å²) in [7, 11) is 0. The average molecular weight is 297 g/mol. The molecule has 1 aliphatic rings. The fourth-order valence-electron chi connectivity index (χ4n) is 2.74. The van der Waals surface area contributed by atoms with Crippen LogP contribution in [-0.4, -0.2) is 41.7 Å². The van der Waals surface area contributed by atoms with E-state index in [0.717, 1.165) is 31.1 Å². The normalized spacial score (nSPS) is 23.6. The number of hydrogen-bond donors (Lipinski definition) is 2. The molecular weight excluding hydrogens is 276 g/mol. The zero-order chi connectivity index (χ0) is 14.5. The van der Waals surface area contributed by atoms with E-state index in [0.29, 0.717) is 0 Å². The van der Waals surface area contributed by atoms with Crippen LogP contribution in [-0.2, 0) is 11.3 Å². The van der Waals surface area contributed by atoms with Crippen LogP contribution in [0.2, 0.25) is 5.02 Å². The second kappa shape index (κ2) is 7.07. The third-order valence-electron chi connectivity index (χ3n) is 3.76. The Morgan fingerprint density at radius 3 is 2.75 bits per heavy atom. The Bertz CT molecular complexity index is 450. The summed E-state index contributed by atoms with van der Waals surface area (Å²) < 4.78 is 0. The highest BCUT2D eigenvalue weighted by molar-refractivity contribution is 6.30. The van der Waals surface area contributed by atoms with E-state index in [2.05, 4.69) is 10.2 Å². The van der Waals surface area contributed by atoms with E-state index >= 15 is 0 Å². The van der Waals surface area contributed by atoms with Gasteiger partial charge in [-0.15, -0.1) is 0 Å². The number of carbonyl (C=O) groups excluding carboxylic acids is 1. The second-order valence-electron chi connectivity index (χ2n) is 5.40. The molecule has 1 aliphatic heterocycles. The standard InChI is InChI=1S/C15H21ClN2O2/c1-11(20)17-15-6-7-18(9-13(15)10-19)8-12-2-4-14(16)5-3-12/h2-5,13,15,19H,6-10H2,1H3,(H,17,20). The van der Waals surface area contributed by atoms with Crippen molar-refractivity contribution in [2.24, 2.45) is 5.92 Å². The van der Waals surface area contributed by atoms with Gasteiger partial charge in [0, 0.05) is 50.1 Å². The first-order valence-electron chi connectivity index (χ1n) is 6.93. The Morgan fingerprint density at radius 2 is 2.15 bits per heavy atom. The topological polar surface area (TPSA) is 52.6 Å². The quantitative estimate of drug-likeness (QED) is 0.888. The summed E-state index contributed by atoms with van der Waals surface area (Å²) in [6.45, 7) is 4.19. The lowest BCUT2D eigenvalue weighted by atomic mass is 9.92. The van der Waals surface area contributed by atoms with Crippen LogP contribution in [0.4, 0.5) is 0 Å². The molecular formula is C15H21ClN2O2. The minimum absolute atomic E-state index is 0.0281. The van der Waals surface area contributed by atoms with Crippen LogP contribution >= 0.6 is 11.6 Å². The van der Waals surface area contributed by atoms with Crippen LogP contribution < -0.4 is 5.32 Å². The third-order valence-corrected chi connectivity index (χ3v) is 4.01. The first-order chi connectivity index (χ1) is 9.58. The van der Waals surface area contributed by atoms with E-state index in [9.17, 15) is 9.90 Å². The van der Waals surface area contributed by atoms with Crippen molar-refractivity contribution >= 4 is 17.5 Å². The van der Waals surface area contributed by atoms with E-state index < -0.39 is 0 Å². The molecule has 1 fully saturated rings. The summed E-state index contributed by atoms with van der Waals surface area (Å²) in [6.07, 6.45) is 0.873. The van der Waals surface area contributed by atoms with Crippen molar-refractivity contribution in [3.05, 3.63) is 34.9 Å². The van der Waals surface area contributed by atoms with Crippen molar-refractivity contribution in [3.8, 4) is 0 Å². The van der Waals surface area contributed by atoms with Gasteiger partial charge in [0.25, 0.3) is 0 Å². The maximum absolute atomic E-state index is 11.2. The molecule has 0 spiro atoms. The maximum Gasteiger partial charge on any atom is 0.217 e. The number of halogens is 1. The van der Waals surface area contributed by atoms with E-state index in [1.54, 1.807) is 0 Å². The Labute approximate surface area is 124 Å². The van der Waals surface area contributed by atoms with Crippen molar-refractivity contribution in [1.29, 1.82) is 0 Å². The molecule has 2 unspecified atom stereocenters. The van der Waals surface area contributed by atoms with Crippen LogP contribution in [0.5, 0.6) is 0 Å². The molecule has 1 amide bonds. The van der Waals surface area contributed by atoms with Gasteiger partial charge in [-0.1, -0.05) is 23.7 Å². The van der Waals surface area contributed by atoms with E-state index in [4.69, 9.17) is 11.6 Å². The monoisotopic (exact) mass is 296 g/mol. The molecule has 0 bridgehead atoms. The van der Waals surface area contributed by atoms with Gasteiger partial charge in [-0.05, 0) is 24.1 Å². The lowest BCUT2D eigenvalue weighted by Crippen LogP contribution is -2.51. The van der Waals surface area contributed by atoms with Gasteiger partial charge >= 0.3 is 0 Å². The van der Waals surface area contributed by atoms with Crippen LogP contribution in [0, 0.1) is 5.92 Å². The average Bonchev–Trinajstić information content (AvgIpc) is 2.42. The summed E-state index contributed by atoms with van der Waals surface area (Å²) in [5.41, 5.74) is 1.21. The fraction of sp³-hybridized carbons (Fsp3) is 0.533. The summed E-state index contributed by atoms with van der Waals surface area (Å²) >= 11 is 5.88. The summed E-state index contributed by atoms with van der Waals surface area (Å²) in [6, 6.07) is 7.92. The number of benzene rings is 1. The molecule has 0 aromatic heterocycles. The van der Waals surface area contributed by atoms with Gasteiger partial charge in [0.2, 0.25) is 5.91 Å². The Balaban J connectivity index is 1.92. The predicted octanol–water partition coefficient (Wildman–Crippen LogP) is 1.66. The van der Waals surface area contributed by atoms with E-state index in [1.807, 2.05) is 24.3 Å². The molecule has 0 saturated carbocycles. The number of piperidine rings is 1. The number of amides is 1. The van der Waals surface area contributed by atoms with Crippen LogP contribution in [0.1, 0.15) is 18.9 Å². The Morgan fingerprint density at radius 1 is 1.45 bits per heavy atom. The molecule has 20 heavy (non-hydrogen) atoms. The number of aliphatic hydroxyl groups is 1. The molecule has 2 atom stereocenters. The summed E-state index contributed by atoms with van der Waals surface area (Å²) in [5, 5.41) is 13.2. The Hall–Kier alpha value is -1.10. The predicted molar refractivity (Wildman–Crippen MR) is 79.5 cm³/mol. The molecule has 4 nitrogen and oxygen atoms in total. The number of nitrogens with one attached hydrogen (secondary N) is 1. The number of carbonyl (C=O) groups is 1. The maximum atomic E-state index is 11.2. The van der Waals surface area contributed by atoms with E-state index in [-0.39, 0.29) is 24.5 Å². The highest BCUT2D eigenvalue weighted by Crippen LogP contribution is 2.20. The molecule has 2 rings (SSSR count). The van der Waals surface area contributed by atoms with Crippen molar-refractivity contribution in [2.75, 3.05) is 19.7 Å². The van der Waals surface area contributed by atoms with Gasteiger partial charge in [-0.25, -0.2) is 0 Å². The van der Waals surface area contributed by atoms with E-state index in [1.165, 1.54) is 12.5 Å². The molecule has 0 radical (unpaired) electrons. The first kappa shape index (κ1) is 15.3. The molecule has 1 saturated heterocycles. The summed E-state index contributed by atoms with van der Waals surface area (Å²) in [5.74, 6) is 0.0690. The first-order valence-corrected chi connectivity index (χ1v) is 7.31. The molecule has 5 heteroatoms. The number of likely N-dealkylation sites (tertiary alicyclic amines) is 1. The van der Waals surface area contributed by atoms with Gasteiger partial charge in [0.15, 0.2) is 0 Å². The third kappa shape index (κ3) is 4.20. The molecule has 1 aromatic rings. The zero-order valence-electron chi connectivity index (χ0n) is 11.7. The molecule has 110 valence electrons. The highest BCUT2D eigenvalue weighted by Gasteiger charge is 2.29. The SMILES string of the molecule is CC(=O)NC1CCN(Cc2ccc(Cl)cc2)CC1CO. The van der Waals surface area contributed by atoms with Crippen molar-refractivity contribution in [1.82, 2.24) is 10.2 Å². The fourth-order valence-corrected chi connectivity index (χ4v) is 2.86. The van der Waals surface area contributed by atoms with Gasteiger partial charge in [0.1, 0.15) is 0 Å². The molecule has 0 aliphatic carbocycles. The minimum atomic E-state index is -0.0281. The molecule has 1 heterocycles. The van der Waals surface area contributed by atoms with Crippen LogP contribution in [0.25, 0.3) is 0 Å². The summed E-state index contributed by atoms with van der Waals surface area (Å²) in [4.78, 5) is 13.5. The number of hydrogen-bond acceptors (Lipinski definition) is 3.